The molecule has 3 nitrogen and oxygen atoms in total. The highest BCUT2D eigenvalue weighted by Crippen LogP contribution is 2.39. The maximum Gasteiger partial charge on any atom is 0.416 e. The van der Waals surface area contributed by atoms with E-state index in [-0.39, 0.29) is 18.4 Å². The molecule has 0 saturated heterocycles. The molecule has 0 aliphatic heterocycles. The second-order valence-corrected chi connectivity index (χ2v) is 7.77. The third kappa shape index (κ3) is 3.86. The molecule has 0 atom stereocenters. The number of hydrogen-bond donors (Lipinski definition) is 1. The summed E-state index contributed by atoms with van der Waals surface area (Å²) in [6.07, 6.45) is -1.00. The van der Waals surface area contributed by atoms with Gasteiger partial charge >= 0.3 is 6.18 Å². The summed E-state index contributed by atoms with van der Waals surface area (Å²) in [5.41, 5.74) is 1.90. The Morgan fingerprint density at radius 2 is 1.97 bits per heavy atom. The average molecular weight is 421 g/mol. The van der Waals surface area contributed by atoms with E-state index in [1.165, 1.54) is 6.07 Å². The molecule has 4 rings (SSSR count). The van der Waals surface area contributed by atoms with Gasteiger partial charge in [0.25, 0.3) is 0 Å². The first-order valence-electron chi connectivity index (χ1n) is 9.54. The maximum absolute atomic E-state index is 13.4. The smallest absolute Gasteiger partial charge is 0.360 e. The molecule has 3 aromatic rings. The van der Waals surface area contributed by atoms with Crippen molar-refractivity contribution in [3.05, 3.63) is 58.7 Å². The average Bonchev–Trinajstić information content (AvgIpc) is 3.44. The number of rotatable bonds is 5. The van der Waals surface area contributed by atoms with Gasteiger partial charge in [-0.05, 0) is 55.2 Å². The van der Waals surface area contributed by atoms with Crippen LogP contribution in [-0.2, 0) is 17.5 Å². The SMILES string of the molecule is CCN(Cc1cc(C(F)(F)F)ccc1-c1c[nH]c2cccc(Cl)c12)C(=O)C1CC1. The molecule has 29 heavy (non-hydrogen) atoms. The Labute approximate surface area is 171 Å². The van der Waals surface area contributed by atoms with Gasteiger partial charge in [-0.2, -0.15) is 13.2 Å². The van der Waals surface area contributed by atoms with Gasteiger partial charge in [-0.3, -0.25) is 4.79 Å². The van der Waals surface area contributed by atoms with Crippen LogP contribution in [0.3, 0.4) is 0 Å². The van der Waals surface area contributed by atoms with Crippen LogP contribution in [0.1, 0.15) is 30.9 Å². The summed E-state index contributed by atoms with van der Waals surface area (Å²) in [6.45, 7) is 2.41. The fraction of sp³-hybridized carbons (Fsp3) is 0.318. The minimum Gasteiger partial charge on any atom is -0.360 e. The first-order valence-corrected chi connectivity index (χ1v) is 9.92. The summed E-state index contributed by atoms with van der Waals surface area (Å²) in [5.74, 6) is 0.0135. The molecule has 0 spiro atoms. The molecule has 0 radical (unpaired) electrons. The predicted molar refractivity (Wildman–Crippen MR) is 108 cm³/mol. The van der Waals surface area contributed by atoms with E-state index in [1.54, 1.807) is 17.2 Å². The molecule has 0 bridgehead atoms. The zero-order valence-corrected chi connectivity index (χ0v) is 16.6. The summed E-state index contributed by atoms with van der Waals surface area (Å²) < 4.78 is 40.1. The number of carbonyl (C=O) groups is 1. The Morgan fingerprint density at radius 3 is 2.62 bits per heavy atom. The molecule has 1 fully saturated rings. The number of halogens is 4. The minimum atomic E-state index is -4.46. The molecule has 7 heteroatoms. The lowest BCUT2D eigenvalue weighted by Gasteiger charge is -2.23. The number of benzene rings is 2. The van der Waals surface area contributed by atoms with Crippen LogP contribution in [0.25, 0.3) is 22.0 Å². The van der Waals surface area contributed by atoms with Crippen LogP contribution < -0.4 is 0 Å². The maximum atomic E-state index is 13.4. The van der Waals surface area contributed by atoms with Gasteiger partial charge in [-0.25, -0.2) is 0 Å². The first kappa shape index (κ1) is 19.8. The quantitative estimate of drug-likeness (QED) is 0.519. The number of H-pyrrole nitrogens is 1. The van der Waals surface area contributed by atoms with Gasteiger partial charge in [0.2, 0.25) is 5.91 Å². The highest BCUT2D eigenvalue weighted by molar-refractivity contribution is 6.36. The van der Waals surface area contributed by atoms with E-state index in [9.17, 15) is 18.0 Å². The van der Waals surface area contributed by atoms with Crippen molar-refractivity contribution < 1.29 is 18.0 Å². The summed E-state index contributed by atoms with van der Waals surface area (Å²) in [6, 6.07) is 9.12. The molecule has 1 heterocycles. The van der Waals surface area contributed by atoms with Gasteiger partial charge in [-0.1, -0.05) is 23.7 Å². The number of aromatic amines is 1. The van der Waals surface area contributed by atoms with Crippen molar-refractivity contribution in [1.82, 2.24) is 9.88 Å². The van der Waals surface area contributed by atoms with Gasteiger partial charge in [0.05, 0.1) is 10.6 Å². The van der Waals surface area contributed by atoms with Crippen LogP contribution in [0.4, 0.5) is 13.2 Å². The lowest BCUT2D eigenvalue weighted by molar-refractivity contribution is -0.137. The predicted octanol–water partition coefficient (Wildman–Crippen LogP) is 6.27. The van der Waals surface area contributed by atoms with Crippen molar-refractivity contribution >= 4 is 28.4 Å². The van der Waals surface area contributed by atoms with Gasteiger partial charge in [0.1, 0.15) is 0 Å². The number of carbonyl (C=O) groups excluding carboxylic acids is 1. The molecule has 0 unspecified atom stereocenters. The number of nitrogens with zero attached hydrogens (tertiary/aromatic N) is 1. The number of nitrogens with one attached hydrogen (secondary N) is 1. The van der Waals surface area contributed by atoms with E-state index in [4.69, 9.17) is 11.6 Å². The Kier molecular flexibility index (Phi) is 5.07. The number of alkyl halides is 3. The summed E-state index contributed by atoms with van der Waals surface area (Å²) >= 11 is 6.38. The summed E-state index contributed by atoms with van der Waals surface area (Å²) in [4.78, 5) is 17.3. The second-order valence-electron chi connectivity index (χ2n) is 7.36. The number of amides is 1. The van der Waals surface area contributed by atoms with E-state index in [0.717, 1.165) is 41.4 Å². The van der Waals surface area contributed by atoms with E-state index < -0.39 is 11.7 Å². The van der Waals surface area contributed by atoms with Gasteiger partial charge in [-0.15, -0.1) is 0 Å². The van der Waals surface area contributed by atoms with E-state index >= 15 is 0 Å². The van der Waals surface area contributed by atoms with Gasteiger partial charge < -0.3 is 9.88 Å². The Hall–Kier alpha value is -2.47. The van der Waals surface area contributed by atoms with Gasteiger partial charge in [0.15, 0.2) is 0 Å². The van der Waals surface area contributed by atoms with Crippen molar-refractivity contribution in [3.63, 3.8) is 0 Å². The summed E-state index contributed by atoms with van der Waals surface area (Å²) in [7, 11) is 0. The highest BCUT2D eigenvalue weighted by Gasteiger charge is 2.34. The molecule has 1 aromatic heterocycles. The van der Waals surface area contributed by atoms with Crippen LogP contribution in [0, 0.1) is 5.92 Å². The standard InChI is InChI=1S/C22H20ClF3N2O/c1-2-28(21(29)13-6-7-13)12-14-10-15(22(24,25)26)8-9-16(14)17-11-27-19-5-3-4-18(23)20(17)19/h3-5,8-11,13,27H,2,6-7,12H2,1H3. The molecule has 1 aliphatic carbocycles. The van der Waals surface area contributed by atoms with E-state index in [0.29, 0.717) is 22.7 Å². The lowest BCUT2D eigenvalue weighted by Crippen LogP contribution is -2.31. The van der Waals surface area contributed by atoms with Crippen LogP contribution in [0.2, 0.25) is 5.02 Å². The molecule has 1 N–H and O–H groups in total. The third-order valence-electron chi connectivity index (χ3n) is 5.36. The van der Waals surface area contributed by atoms with Crippen molar-refractivity contribution in [2.75, 3.05) is 6.54 Å². The van der Waals surface area contributed by atoms with Crippen LogP contribution in [0.5, 0.6) is 0 Å². The largest absolute Gasteiger partial charge is 0.416 e. The van der Waals surface area contributed by atoms with Crippen molar-refractivity contribution in [2.45, 2.75) is 32.5 Å². The Morgan fingerprint density at radius 1 is 1.21 bits per heavy atom. The molecule has 152 valence electrons. The second kappa shape index (κ2) is 7.41. The zero-order chi connectivity index (χ0) is 20.8. The van der Waals surface area contributed by atoms with Crippen molar-refractivity contribution in [2.24, 2.45) is 5.92 Å². The Bertz CT molecular complexity index is 1070. The molecule has 1 saturated carbocycles. The van der Waals surface area contributed by atoms with Crippen LogP contribution >= 0.6 is 11.6 Å². The highest BCUT2D eigenvalue weighted by atomic mass is 35.5. The van der Waals surface area contributed by atoms with E-state index in [2.05, 4.69) is 4.98 Å². The third-order valence-corrected chi connectivity index (χ3v) is 5.67. The summed E-state index contributed by atoms with van der Waals surface area (Å²) in [5, 5.41) is 1.28. The fourth-order valence-electron chi connectivity index (χ4n) is 3.66. The zero-order valence-electron chi connectivity index (χ0n) is 15.8. The molecular formula is C22H20ClF3N2O. The van der Waals surface area contributed by atoms with Gasteiger partial charge in [0, 0.05) is 41.7 Å². The molecule has 1 aliphatic rings. The number of aromatic nitrogens is 1. The normalized spacial score (nSPS) is 14.4. The molecule has 2 aromatic carbocycles. The van der Waals surface area contributed by atoms with Crippen molar-refractivity contribution in [3.8, 4) is 11.1 Å². The van der Waals surface area contributed by atoms with Crippen LogP contribution in [0.15, 0.2) is 42.6 Å². The lowest BCUT2D eigenvalue weighted by atomic mass is 9.96. The molecule has 1 amide bonds. The minimum absolute atomic E-state index is 0.00623. The monoisotopic (exact) mass is 420 g/mol. The number of hydrogen-bond acceptors (Lipinski definition) is 1. The van der Waals surface area contributed by atoms with Crippen LogP contribution in [-0.4, -0.2) is 22.3 Å². The fourth-order valence-corrected chi connectivity index (χ4v) is 3.93. The Balaban J connectivity index is 1.83. The van der Waals surface area contributed by atoms with E-state index in [1.807, 2.05) is 19.1 Å². The van der Waals surface area contributed by atoms with Crippen molar-refractivity contribution in [1.29, 1.82) is 0 Å². The molecular weight excluding hydrogens is 401 g/mol. The topological polar surface area (TPSA) is 36.1 Å². The number of fused-ring (bicyclic) bond motifs is 1. The first-order chi connectivity index (χ1) is 13.8.